The smallest absolute Gasteiger partial charge is 0.316 e. The molecule has 1 rings (SSSR count). The van der Waals surface area contributed by atoms with Gasteiger partial charge in [0.25, 0.3) is 0 Å². The third-order valence-electron chi connectivity index (χ3n) is 2.08. The monoisotopic (exact) mass is 254 g/mol. The van der Waals surface area contributed by atoms with Gasteiger partial charge in [-0.15, -0.1) is 0 Å². The van der Waals surface area contributed by atoms with Gasteiger partial charge in [0.15, 0.2) is 0 Å². The van der Waals surface area contributed by atoms with E-state index < -0.39 is 0 Å². The van der Waals surface area contributed by atoms with E-state index in [-0.39, 0.29) is 5.97 Å². The minimum Gasteiger partial charge on any atom is -0.468 e. The molecule has 0 aliphatic rings. The molecule has 0 aliphatic carbocycles. The number of methoxy groups -OCH3 is 1. The molecule has 1 aromatic rings. The second kappa shape index (κ2) is 7.29. The summed E-state index contributed by atoms with van der Waals surface area (Å²) in [5.41, 5.74) is 1.14. The lowest BCUT2D eigenvalue weighted by molar-refractivity contribution is -0.137. The number of pyridine rings is 1. The van der Waals surface area contributed by atoms with Crippen molar-refractivity contribution in [3.63, 3.8) is 0 Å². The summed E-state index contributed by atoms with van der Waals surface area (Å²) in [6.07, 6.45) is 1.83. The van der Waals surface area contributed by atoms with E-state index in [1.807, 2.05) is 18.3 Å². The van der Waals surface area contributed by atoms with Gasteiger partial charge in [0, 0.05) is 18.8 Å². The molecule has 0 bridgehead atoms. The number of carbonyl (C=O) groups is 1. The summed E-state index contributed by atoms with van der Waals surface area (Å²) in [4.78, 5) is 15.2. The van der Waals surface area contributed by atoms with Crippen LogP contribution < -0.4 is 5.32 Å². The number of hydrogen-bond acceptors (Lipinski definition) is 5. The lowest BCUT2D eigenvalue weighted by Gasteiger charge is -2.07. The number of rotatable bonds is 6. The molecule has 0 aromatic carbocycles. The van der Waals surface area contributed by atoms with Crippen LogP contribution in [-0.2, 0) is 16.1 Å². The summed E-state index contributed by atoms with van der Waals surface area (Å²) in [6.45, 7) is 5.02. The van der Waals surface area contributed by atoms with Gasteiger partial charge in [-0.2, -0.15) is 0 Å². The van der Waals surface area contributed by atoms with Crippen molar-refractivity contribution in [1.82, 2.24) is 10.3 Å². The highest BCUT2D eigenvalue weighted by Crippen LogP contribution is 2.15. The van der Waals surface area contributed by atoms with Crippen LogP contribution in [0.25, 0.3) is 0 Å². The van der Waals surface area contributed by atoms with Gasteiger partial charge in [-0.1, -0.05) is 31.7 Å². The van der Waals surface area contributed by atoms with Crippen molar-refractivity contribution in [2.24, 2.45) is 0 Å². The number of thioether (sulfide) groups is 1. The first-order valence-corrected chi connectivity index (χ1v) is 6.48. The van der Waals surface area contributed by atoms with E-state index in [0.29, 0.717) is 11.8 Å². The Morgan fingerprint density at radius 1 is 1.53 bits per heavy atom. The topological polar surface area (TPSA) is 51.2 Å². The second-order valence-electron chi connectivity index (χ2n) is 3.91. The van der Waals surface area contributed by atoms with Gasteiger partial charge in [-0.25, -0.2) is 4.98 Å². The van der Waals surface area contributed by atoms with Crippen molar-refractivity contribution >= 4 is 17.7 Å². The van der Waals surface area contributed by atoms with Crippen molar-refractivity contribution < 1.29 is 9.53 Å². The van der Waals surface area contributed by atoms with Crippen LogP contribution in [-0.4, -0.2) is 29.9 Å². The van der Waals surface area contributed by atoms with Crippen LogP contribution in [0.1, 0.15) is 19.4 Å². The van der Waals surface area contributed by atoms with Gasteiger partial charge in [-0.3, -0.25) is 4.79 Å². The Labute approximate surface area is 106 Å². The Bertz CT molecular complexity index is 352. The summed E-state index contributed by atoms with van der Waals surface area (Å²) in [5.74, 6) is 0.0648. The third kappa shape index (κ3) is 5.70. The van der Waals surface area contributed by atoms with Crippen molar-refractivity contribution in [2.45, 2.75) is 31.5 Å². The molecule has 0 saturated carbocycles. The Hall–Kier alpha value is -1.07. The van der Waals surface area contributed by atoms with E-state index in [0.717, 1.165) is 17.1 Å². The number of hydrogen-bond donors (Lipinski definition) is 1. The standard InChI is InChI=1S/C12H18N2O2S/c1-9(2)13-6-10-4-5-11(14-7-10)17-8-12(15)16-3/h4-5,7,9,13H,6,8H2,1-3H3. The molecule has 0 aliphatic heterocycles. The van der Waals surface area contributed by atoms with Crippen molar-refractivity contribution in [2.75, 3.05) is 12.9 Å². The Morgan fingerprint density at radius 2 is 2.29 bits per heavy atom. The highest BCUT2D eigenvalue weighted by molar-refractivity contribution is 7.99. The molecule has 1 aromatic heterocycles. The zero-order valence-electron chi connectivity index (χ0n) is 10.4. The van der Waals surface area contributed by atoms with Gasteiger partial charge >= 0.3 is 5.97 Å². The quantitative estimate of drug-likeness (QED) is 0.620. The first kappa shape index (κ1) is 14.0. The van der Waals surface area contributed by atoms with E-state index in [1.54, 1.807) is 0 Å². The van der Waals surface area contributed by atoms with Crippen LogP contribution in [0.5, 0.6) is 0 Å². The maximum absolute atomic E-state index is 10.9. The molecule has 1 N–H and O–H groups in total. The highest BCUT2D eigenvalue weighted by atomic mass is 32.2. The third-order valence-corrected chi connectivity index (χ3v) is 2.99. The van der Waals surface area contributed by atoms with Crippen LogP contribution in [0.15, 0.2) is 23.4 Å². The lowest BCUT2D eigenvalue weighted by Crippen LogP contribution is -2.21. The number of nitrogens with one attached hydrogen (secondary N) is 1. The molecule has 5 heteroatoms. The molecule has 0 amide bonds. The first-order valence-electron chi connectivity index (χ1n) is 5.49. The molecule has 0 spiro atoms. The van der Waals surface area contributed by atoms with Crippen LogP contribution >= 0.6 is 11.8 Å². The number of nitrogens with zero attached hydrogens (tertiary/aromatic N) is 1. The predicted molar refractivity (Wildman–Crippen MR) is 69.0 cm³/mol. The summed E-state index contributed by atoms with van der Waals surface area (Å²) >= 11 is 1.38. The van der Waals surface area contributed by atoms with Crippen molar-refractivity contribution in [3.05, 3.63) is 23.9 Å². The molecule has 17 heavy (non-hydrogen) atoms. The fraction of sp³-hybridized carbons (Fsp3) is 0.500. The number of esters is 1. The average molecular weight is 254 g/mol. The predicted octanol–water partition coefficient (Wildman–Crippen LogP) is 1.84. The molecular weight excluding hydrogens is 236 g/mol. The normalized spacial score (nSPS) is 10.6. The Balaban J connectivity index is 2.42. The molecule has 0 fully saturated rings. The maximum atomic E-state index is 10.9. The van der Waals surface area contributed by atoms with E-state index >= 15 is 0 Å². The van der Waals surface area contributed by atoms with E-state index in [1.165, 1.54) is 18.9 Å². The van der Waals surface area contributed by atoms with Gasteiger partial charge in [0.2, 0.25) is 0 Å². The molecule has 0 saturated heterocycles. The number of carbonyl (C=O) groups excluding carboxylic acids is 1. The Kier molecular flexibility index (Phi) is 6.00. The summed E-state index contributed by atoms with van der Waals surface area (Å²) in [5, 5.41) is 4.16. The second-order valence-corrected chi connectivity index (χ2v) is 4.90. The summed E-state index contributed by atoms with van der Waals surface area (Å²) in [6, 6.07) is 4.40. The molecule has 94 valence electrons. The summed E-state index contributed by atoms with van der Waals surface area (Å²) in [7, 11) is 1.39. The van der Waals surface area contributed by atoms with Crippen LogP contribution in [0.4, 0.5) is 0 Å². The van der Waals surface area contributed by atoms with Gasteiger partial charge in [0.05, 0.1) is 17.9 Å². The fourth-order valence-corrected chi connectivity index (χ4v) is 1.79. The SMILES string of the molecule is COC(=O)CSc1ccc(CNC(C)C)cn1. The number of aromatic nitrogens is 1. The lowest BCUT2D eigenvalue weighted by atomic mass is 10.2. The average Bonchev–Trinajstić information content (AvgIpc) is 2.34. The highest BCUT2D eigenvalue weighted by Gasteiger charge is 2.03. The molecular formula is C12H18N2O2S. The van der Waals surface area contributed by atoms with E-state index in [2.05, 4.69) is 28.9 Å². The van der Waals surface area contributed by atoms with Crippen molar-refractivity contribution in [1.29, 1.82) is 0 Å². The summed E-state index contributed by atoms with van der Waals surface area (Å²) < 4.78 is 4.56. The maximum Gasteiger partial charge on any atom is 0.316 e. The van der Waals surface area contributed by atoms with Gasteiger partial charge in [0.1, 0.15) is 0 Å². The molecule has 0 radical (unpaired) electrons. The van der Waals surface area contributed by atoms with Crippen molar-refractivity contribution in [3.8, 4) is 0 Å². The molecule has 1 heterocycles. The molecule has 4 nitrogen and oxygen atoms in total. The van der Waals surface area contributed by atoms with Crippen LogP contribution in [0, 0.1) is 0 Å². The minimum atomic E-state index is -0.234. The first-order chi connectivity index (χ1) is 8.11. The fourth-order valence-electron chi connectivity index (χ4n) is 1.11. The minimum absolute atomic E-state index is 0.234. The molecule has 0 atom stereocenters. The van der Waals surface area contributed by atoms with Crippen LogP contribution in [0.3, 0.4) is 0 Å². The zero-order chi connectivity index (χ0) is 12.7. The molecule has 0 unspecified atom stereocenters. The van der Waals surface area contributed by atoms with E-state index in [4.69, 9.17) is 0 Å². The van der Waals surface area contributed by atoms with Gasteiger partial charge in [-0.05, 0) is 11.6 Å². The Morgan fingerprint density at radius 3 is 2.82 bits per heavy atom. The largest absolute Gasteiger partial charge is 0.468 e. The van der Waals surface area contributed by atoms with Gasteiger partial charge < -0.3 is 10.1 Å². The zero-order valence-corrected chi connectivity index (χ0v) is 11.2. The van der Waals surface area contributed by atoms with E-state index in [9.17, 15) is 4.79 Å². The number of ether oxygens (including phenoxy) is 1. The van der Waals surface area contributed by atoms with Crippen LogP contribution in [0.2, 0.25) is 0 Å².